The standard InChI is InChI=1S/C19H18FNO3S/c1-11(2)21-10-15(17(23)19(21)24)16(22)18-13(7-8-25-18)9-12-3-5-14(20)6-4-12/h3-8,11,15H,9-10H2,1-2H3. The molecule has 130 valence electrons. The number of thiophene rings is 1. The molecule has 0 bridgehead atoms. The molecule has 1 saturated heterocycles. The van der Waals surface area contributed by atoms with Crippen molar-refractivity contribution in [3.63, 3.8) is 0 Å². The smallest absolute Gasteiger partial charge is 0.291 e. The first kappa shape index (κ1) is 17.5. The number of amides is 1. The fraction of sp³-hybridized carbons (Fsp3) is 0.316. The average Bonchev–Trinajstić information content (AvgIpc) is 3.15. The van der Waals surface area contributed by atoms with Crippen molar-refractivity contribution in [2.24, 2.45) is 5.92 Å². The lowest BCUT2D eigenvalue weighted by atomic mass is 9.96. The fourth-order valence-electron chi connectivity index (χ4n) is 2.97. The van der Waals surface area contributed by atoms with E-state index in [9.17, 15) is 18.8 Å². The summed E-state index contributed by atoms with van der Waals surface area (Å²) >= 11 is 1.27. The van der Waals surface area contributed by atoms with Crippen LogP contribution < -0.4 is 0 Å². The normalized spacial score (nSPS) is 17.6. The second-order valence-electron chi connectivity index (χ2n) is 6.41. The van der Waals surface area contributed by atoms with E-state index in [1.165, 1.54) is 28.4 Å². The van der Waals surface area contributed by atoms with Gasteiger partial charge in [-0.2, -0.15) is 0 Å². The second-order valence-corrected chi connectivity index (χ2v) is 7.33. The first-order chi connectivity index (χ1) is 11.9. The van der Waals surface area contributed by atoms with Crippen molar-refractivity contribution in [2.45, 2.75) is 26.3 Å². The molecular formula is C19H18FNO3S. The van der Waals surface area contributed by atoms with Gasteiger partial charge in [0.15, 0.2) is 5.78 Å². The Hall–Kier alpha value is -2.34. The molecule has 0 N–H and O–H groups in total. The van der Waals surface area contributed by atoms with Crippen LogP contribution in [0.25, 0.3) is 0 Å². The van der Waals surface area contributed by atoms with Crippen LogP contribution in [0.2, 0.25) is 0 Å². The number of rotatable bonds is 5. The first-order valence-corrected chi connectivity index (χ1v) is 8.96. The Balaban J connectivity index is 1.82. The summed E-state index contributed by atoms with van der Waals surface area (Å²) in [5, 5.41) is 1.80. The molecule has 1 aromatic carbocycles. The van der Waals surface area contributed by atoms with Crippen molar-refractivity contribution in [1.29, 1.82) is 0 Å². The van der Waals surface area contributed by atoms with Gasteiger partial charge in [-0.05, 0) is 55.0 Å². The van der Waals surface area contributed by atoms with Gasteiger partial charge in [0.2, 0.25) is 5.78 Å². The number of ketones is 2. The Morgan fingerprint density at radius 3 is 2.52 bits per heavy atom. The summed E-state index contributed by atoms with van der Waals surface area (Å²) < 4.78 is 13.0. The fourth-order valence-corrected chi connectivity index (χ4v) is 3.89. The minimum absolute atomic E-state index is 0.115. The first-order valence-electron chi connectivity index (χ1n) is 8.08. The van der Waals surface area contributed by atoms with Gasteiger partial charge in [-0.1, -0.05) is 12.1 Å². The summed E-state index contributed by atoms with van der Waals surface area (Å²) in [5.41, 5.74) is 1.68. The molecule has 1 atom stereocenters. The molecule has 1 unspecified atom stereocenters. The third-order valence-electron chi connectivity index (χ3n) is 4.39. The molecule has 1 aliphatic heterocycles. The van der Waals surface area contributed by atoms with E-state index < -0.39 is 17.6 Å². The lowest BCUT2D eigenvalue weighted by molar-refractivity contribution is -0.141. The highest BCUT2D eigenvalue weighted by Gasteiger charge is 2.44. The second kappa shape index (κ2) is 6.88. The summed E-state index contributed by atoms with van der Waals surface area (Å²) in [6.45, 7) is 3.79. The van der Waals surface area contributed by atoms with Crippen molar-refractivity contribution >= 4 is 28.8 Å². The summed E-state index contributed by atoms with van der Waals surface area (Å²) in [4.78, 5) is 39.0. The van der Waals surface area contributed by atoms with Crippen LogP contribution in [0.3, 0.4) is 0 Å². The van der Waals surface area contributed by atoms with Crippen molar-refractivity contribution in [1.82, 2.24) is 4.90 Å². The van der Waals surface area contributed by atoms with E-state index in [-0.39, 0.29) is 24.2 Å². The summed E-state index contributed by atoms with van der Waals surface area (Å²) in [5.74, 6) is -2.74. The quantitative estimate of drug-likeness (QED) is 0.468. The zero-order valence-electron chi connectivity index (χ0n) is 14.0. The van der Waals surface area contributed by atoms with Crippen LogP contribution >= 0.6 is 11.3 Å². The van der Waals surface area contributed by atoms with Gasteiger partial charge in [0.1, 0.15) is 11.7 Å². The molecule has 1 amide bonds. The van der Waals surface area contributed by atoms with Gasteiger partial charge in [0, 0.05) is 12.6 Å². The number of carbonyl (C=O) groups excluding carboxylic acids is 3. The van der Waals surface area contributed by atoms with Crippen molar-refractivity contribution in [3.8, 4) is 0 Å². The molecular weight excluding hydrogens is 341 g/mol. The van der Waals surface area contributed by atoms with Gasteiger partial charge in [-0.3, -0.25) is 14.4 Å². The van der Waals surface area contributed by atoms with Gasteiger partial charge < -0.3 is 4.90 Å². The third-order valence-corrected chi connectivity index (χ3v) is 5.36. The van der Waals surface area contributed by atoms with Crippen molar-refractivity contribution in [2.75, 3.05) is 6.54 Å². The van der Waals surface area contributed by atoms with Crippen molar-refractivity contribution < 1.29 is 18.8 Å². The highest BCUT2D eigenvalue weighted by Crippen LogP contribution is 2.27. The van der Waals surface area contributed by atoms with Crippen LogP contribution in [0, 0.1) is 11.7 Å². The molecule has 1 fully saturated rings. The number of hydrogen-bond donors (Lipinski definition) is 0. The molecule has 1 aliphatic rings. The van der Waals surface area contributed by atoms with Gasteiger partial charge >= 0.3 is 0 Å². The van der Waals surface area contributed by atoms with E-state index in [2.05, 4.69) is 0 Å². The zero-order valence-corrected chi connectivity index (χ0v) is 14.8. The maximum atomic E-state index is 13.0. The van der Waals surface area contributed by atoms with E-state index in [0.717, 1.165) is 11.1 Å². The van der Waals surface area contributed by atoms with Crippen molar-refractivity contribution in [3.05, 3.63) is 57.5 Å². The monoisotopic (exact) mass is 359 g/mol. The third kappa shape index (κ3) is 3.39. The molecule has 0 aliphatic carbocycles. The lowest BCUT2D eigenvalue weighted by Crippen LogP contribution is -2.33. The van der Waals surface area contributed by atoms with Crippen LogP contribution in [-0.2, 0) is 16.0 Å². The average molecular weight is 359 g/mol. The highest BCUT2D eigenvalue weighted by atomic mass is 32.1. The molecule has 0 spiro atoms. The Kier molecular flexibility index (Phi) is 4.81. The van der Waals surface area contributed by atoms with Crippen LogP contribution in [0.5, 0.6) is 0 Å². The lowest BCUT2D eigenvalue weighted by Gasteiger charge is -2.19. The number of benzene rings is 1. The predicted octanol–water partition coefficient (Wildman–Crippen LogP) is 3.10. The summed E-state index contributed by atoms with van der Waals surface area (Å²) in [6, 6.07) is 7.82. The maximum absolute atomic E-state index is 13.0. The number of halogens is 1. The molecule has 0 radical (unpaired) electrons. The molecule has 3 rings (SSSR count). The van der Waals surface area contributed by atoms with Gasteiger partial charge in [0.25, 0.3) is 5.91 Å². The molecule has 25 heavy (non-hydrogen) atoms. The van der Waals surface area contributed by atoms with Crippen LogP contribution in [-0.4, -0.2) is 35.0 Å². The summed E-state index contributed by atoms with van der Waals surface area (Å²) in [7, 11) is 0. The predicted molar refractivity (Wildman–Crippen MR) is 93.2 cm³/mol. The van der Waals surface area contributed by atoms with Crippen LogP contribution in [0.1, 0.15) is 34.6 Å². The topological polar surface area (TPSA) is 54.5 Å². The molecule has 4 nitrogen and oxygen atoms in total. The number of hydrogen-bond acceptors (Lipinski definition) is 4. The number of likely N-dealkylation sites (tertiary alicyclic amines) is 1. The van der Waals surface area contributed by atoms with Gasteiger partial charge in [-0.25, -0.2) is 4.39 Å². The Morgan fingerprint density at radius 2 is 1.92 bits per heavy atom. The Morgan fingerprint density at radius 1 is 1.24 bits per heavy atom. The number of Topliss-reactive ketones (excluding diaryl/α,β-unsaturated/α-hetero) is 2. The van der Waals surface area contributed by atoms with Gasteiger partial charge in [-0.15, -0.1) is 11.3 Å². The van der Waals surface area contributed by atoms with E-state index in [4.69, 9.17) is 0 Å². The zero-order chi connectivity index (χ0) is 18.1. The van der Waals surface area contributed by atoms with E-state index in [1.54, 1.807) is 17.5 Å². The highest BCUT2D eigenvalue weighted by molar-refractivity contribution is 7.12. The number of carbonyl (C=O) groups is 3. The minimum atomic E-state index is -0.930. The molecule has 2 aromatic rings. The summed E-state index contributed by atoms with van der Waals surface area (Å²) in [6.07, 6.45) is 0.480. The molecule has 0 saturated carbocycles. The Labute approximate surface area is 149 Å². The minimum Gasteiger partial charge on any atom is -0.332 e. The van der Waals surface area contributed by atoms with E-state index in [1.807, 2.05) is 19.9 Å². The van der Waals surface area contributed by atoms with E-state index in [0.29, 0.717) is 11.3 Å². The molecule has 6 heteroatoms. The SMILES string of the molecule is CC(C)N1CC(C(=O)c2sccc2Cc2ccc(F)cc2)C(=O)C1=O. The molecule has 1 aromatic heterocycles. The molecule has 2 heterocycles. The largest absolute Gasteiger partial charge is 0.332 e. The number of nitrogens with zero attached hydrogens (tertiary/aromatic N) is 1. The maximum Gasteiger partial charge on any atom is 0.291 e. The van der Waals surface area contributed by atoms with Gasteiger partial charge in [0.05, 0.1) is 4.88 Å². The van der Waals surface area contributed by atoms with E-state index >= 15 is 0 Å². The van der Waals surface area contributed by atoms with Crippen LogP contribution in [0.15, 0.2) is 35.7 Å². The van der Waals surface area contributed by atoms with Crippen LogP contribution in [0.4, 0.5) is 4.39 Å². The Bertz CT molecular complexity index is 825.